The number of aliphatic hydroxyl groups is 1. The standard InChI is InChI=1S/C15H13N3O2.C8H16O2/c1-9-11-7-12(10-3-4-14(20-2)17-8-10)15(19)18-13(11)5-6-16-9;9-6-7-10-8-4-2-1-3-5-8/h3-8H,1-2H3,(H,18,19);8-9H,1-7H2. The van der Waals surface area contributed by atoms with Crippen molar-refractivity contribution in [3.63, 3.8) is 0 Å². The average Bonchev–Trinajstić information content (AvgIpc) is 2.79. The summed E-state index contributed by atoms with van der Waals surface area (Å²) >= 11 is 0. The van der Waals surface area contributed by atoms with E-state index in [2.05, 4.69) is 15.0 Å². The molecule has 0 bridgehead atoms. The Bertz CT molecular complexity index is 995. The molecule has 7 heteroatoms. The summed E-state index contributed by atoms with van der Waals surface area (Å²) in [6.45, 7) is 2.60. The van der Waals surface area contributed by atoms with E-state index in [1.165, 1.54) is 32.1 Å². The number of pyridine rings is 3. The second kappa shape index (κ2) is 10.8. The third kappa shape index (κ3) is 5.64. The van der Waals surface area contributed by atoms with Gasteiger partial charge in [-0.25, -0.2) is 4.98 Å². The Kier molecular flexibility index (Phi) is 7.93. The highest BCUT2D eigenvalue weighted by Crippen LogP contribution is 2.22. The van der Waals surface area contributed by atoms with E-state index in [4.69, 9.17) is 14.6 Å². The van der Waals surface area contributed by atoms with Crippen LogP contribution in [0.5, 0.6) is 5.88 Å². The Balaban J connectivity index is 0.000000216. The van der Waals surface area contributed by atoms with Gasteiger partial charge < -0.3 is 19.6 Å². The molecule has 4 rings (SSSR count). The first kappa shape index (κ1) is 21.9. The average molecular weight is 412 g/mol. The predicted molar refractivity (Wildman–Crippen MR) is 117 cm³/mol. The molecule has 2 N–H and O–H groups in total. The number of aliphatic hydroxyl groups excluding tert-OH is 1. The molecular weight excluding hydrogens is 382 g/mol. The maximum Gasteiger partial charge on any atom is 0.256 e. The van der Waals surface area contributed by atoms with Crippen LogP contribution in [0, 0.1) is 6.92 Å². The molecule has 0 aliphatic heterocycles. The number of hydrogen-bond donors (Lipinski definition) is 2. The van der Waals surface area contributed by atoms with Crippen molar-refractivity contribution in [2.45, 2.75) is 45.1 Å². The van der Waals surface area contributed by atoms with Gasteiger partial charge in [-0.3, -0.25) is 9.78 Å². The van der Waals surface area contributed by atoms with E-state index in [-0.39, 0.29) is 12.2 Å². The molecule has 0 unspecified atom stereocenters. The lowest BCUT2D eigenvalue weighted by Gasteiger charge is -2.21. The van der Waals surface area contributed by atoms with E-state index >= 15 is 0 Å². The van der Waals surface area contributed by atoms with Crippen LogP contribution >= 0.6 is 0 Å². The van der Waals surface area contributed by atoms with E-state index in [0.29, 0.717) is 24.2 Å². The summed E-state index contributed by atoms with van der Waals surface area (Å²) in [4.78, 5) is 23.4. The monoisotopic (exact) mass is 411 g/mol. The van der Waals surface area contributed by atoms with Gasteiger partial charge in [0, 0.05) is 40.7 Å². The Labute approximate surface area is 176 Å². The molecule has 30 heavy (non-hydrogen) atoms. The minimum Gasteiger partial charge on any atom is -0.481 e. The fraction of sp³-hybridized carbons (Fsp3) is 0.435. The summed E-state index contributed by atoms with van der Waals surface area (Å²) in [6.07, 6.45) is 10.1. The van der Waals surface area contributed by atoms with Gasteiger partial charge in [0.2, 0.25) is 5.88 Å². The van der Waals surface area contributed by atoms with Crippen molar-refractivity contribution in [2.75, 3.05) is 20.3 Å². The second-order valence-electron chi connectivity index (χ2n) is 7.31. The largest absolute Gasteiger partial charge is 0.481 e. The smallest absolute Gasteiger partial charge is 0.256 e. The highest BCUT2D eigenvalue weighted by molar-refractivity contribution is 5.84. The highest BCUT2D eigenvalue weighted by Gasteiger charge is 2.12. The van der Waals surface area contributed by atoms with Crippen molar-refractivity contribution >= 4 is 10.9 Å². The molecule has 1 aliphatic carbocycles. The molecule has 0 radical (unpaired) electrons. The fourth-order valence-corrected chi connectivity index (χ4v) is 3.59. The van der Waals surface area contributed by atoms with Crippen LogP contribution in [0.4, 0.5) is 0 Å². The van der Waals surface area contributed by atoms with Crippen LogP contribution in [-0.4, -0.2) is 46.5 Å². The van der Waals surface area contributed by atoms with Crippen LogP contribution < -0.4 is 10.3 Å². The normalized spacial score (nSPS) is 14.2. The van der Waals surface area contributed by atoms with E-state index in [9.17, 15) is 4.79 Å². The quantitative estimate of drug-likeness (QED) is 0.665. The van der Waals surface area contributed by atoms with E-state index < -0.39 is 0 Å². The number of fused-ring (bicyclic) bond motifs is 1. The number of hydrogen-bond acceptors (Lipinski definition) is 6. The number of nitrogens with zero attached hydrogens (tertiary/aromatic N) is 2. The van der Waals surface area contributed by atoms with Gasteiger partial charge in [0.05, 0.1) is 31.9 Å². The summed E-state index contributed by atoms with van der Waals surface area (Å²) in [5.41, 5.74) is 2.84. The SMILES string of the molecule is COc1ccc(-c2cc3c(C)nccc3[nH]c2=O)cn1.OCCOC1CCCCC1. The maximum absolute atomic E-state index is 12.2. The van der Waals surface area contributed by atoms with Crippen molar-refractivity contribution < 1.29 is 14.6 Å². The van der Waals surface area contributed by atoms with Crippen LogP contribution in [0.25, 0.3) is 22.0 Å². The number of aromatic nitrogens is 3. The zero-order chi connectivity index (χ0) is 21.3. The summed E-state index contributed by atoms with van der Waals surface area (Å²) < 4.78 is 10.4. The molecule has 3 aromatic heterocycles. The zero-order valence-corrected chi connectivity index (χ0v) is 17.6. The van der Waals surface area contributed by atoms with Crippen LogP contribution in [0.15, 0.2) is 41.5 Å². The maximum atomic E-state index is 12.2. The Morgan fingerprint density at radius 2 is 1.97 bits per heavy atom. The lowest BCUT2D eigenvalue weighted by atomic mass is 9.98. The molecule has 3 aromatic rings. The first-order valence-electron chi connectivity index (χ1n) is 10.3. The molecule has 1 fully saturated rings. The molecule has 0 saturated heterocycles. The lowest BCUT2D eigenvalue weighted by molar-refractivity contribution is 0.00882. The van der Waals surface area contributed by atoms with Gasteiger partial charge in [0.1, 0.15) is 0 Å². The third-order valence-electron chi connectivity index (χ3n) is 5.22. The van der Waals surface area contributed by atoms with Gasteiger partial charge in [0.25, 0.3) is 5.56 Å². The van der Waals surface area contributed by atoms with E-state index in [1.807, 2.05) is 19.1 Å². The van der Waals surface area contributed by atoms with Gasteiger partial charge >= 0.3 is 0 Å². The molecular formula is C23H29N3O4. The van der Waals surface area contributed by atoms with Crippen molar-refractivity contribution in [3.05, 3.63) is 52.7 Å². The van der Waals surface area contributed by atoms with Gasteiger partial charge in [-0.15, -0.1) is 0 Å². The second-order valence-corrected chi connectivity index (χ2v) is 7.31. The molecule has 3 heterocycles. The van der Waals surface area contributed by atoms with Crippen molar-refractivity contribution in [1.29, 1.82) is 0 Å². The van der Waals surface area contributed by atoms with E-state index in [1.54, 1.807) is 31.6 Å². The number of aromatic amines is 1. The van der Waals surface area contributed by atoms with Gasteiger partial charge in [-0.2, -0.15) is 0 Å². The number of ether oxygens (including phenoxy) is 2. The number of rotatable bonds is 5. The number of H-pyrrole nitrogens is 1. The third-order valence-corrected chi connectivity index (χ3v) is 5.22. The number of nitrogens with one attached hydrogen (secondary N) is 1. The highest BCUT2D eigenvalue weighted by atomic mass is 16.5. The van der Waals surface area contributed by atoms with Crippen LogP contribution in [-0.2, 0) is 4.74 Å². The number of methoxy groups -OCH3 is 1. The molecule has 160 valence electrons. The first-order chi connectivity index (χ1) is 14.6. The minimum atomic E-state index is -0.143. The fourth-order valence-electron chi connectivity index (χ4n) is 3.59. The molecule has 0 amide bonds. The molecule has 0 aromatic carbocycles. The Hall–Kier alpha value is -2.77. The summed E-state index contributed by atoms with van der Waals surface area (Å²) in [6, 6.07) is 7.18. The van der Waals surface area contributed by atoms with Crippen LogP contribution in [0.2, 0.25) is 0 Å². The van der Waals surface area contributed by atoms with Crippen molar-refractivity contribution in [3.8, 4) is 17.0 Å². The molecule has 0 spiro atoms. The van der Waals surface area contributed by atoms with Crippen LogP contribution in [0.1, 0.15) is 37.8 Å². The molecule has 1 aliphatic rings. The summed E-state index contributed by atoms with van der Waals surface area (Å²) in [5.74, 6) is 0.517. The predicted octanol–water partition coefficient (Wildman–Crippen LogP) is 3.63. The van der Waals surface area contributed by atoms with Crippen molar-refractivity contribution in [2.24, 2.45) is 0 Å². The first-order valence-corrected chi connectivity index (χ1v) is 10.3. The lowest BCUT2D eigenvalue weighted by Crippen LogP contribution is -2.18. The molecule has 1 saturated carbocycles. The topological polar surface area (TPSA) is 97.3 Å². The van der Waals surface area contributed by atoms with Gasteiger partial charge in [-0.05, 0) is 38.0 Å². The Morgan fingerprint density at radius 3 is 2.63 bits per heavy atom. The molecule has 0 atom stereocenters. The summed E-state index contributed by atoms with van der Waals surface area (Å²) in [7, 11) is 1.56. The zero-order valence-electron chi connectivity index (χ0n) is 17.6. The van der Waals surface area contributed by atoms with Gasteiger partial charge in [0.15, 0.2) is 0 Å². The minimum absolute atomic E-state index is 0.143. The van der Waals surface area contributed by atoms with Gasteiger partial charge in [-0.1, -0.05) is 19.3 Å². The number of aryl methyl sites for hydroxylation is 1. The molecule has 7 nitrogen and oxygen atoms in total. The van der Waals surface area contributed by atoms with Crippen LogP contribution in [0.3, 0.4) is 0 Å². The summed E-state index contributed by atoms with van der Waals surface area (Å²) in [5, 5.41) is 9.40. The Morgan fingerprint density at radius 1 is 1.17 bits per heavy atom. The van der Waals surface area contributed by atoms with Crippen molar-refractivity contribution in [1.82, 2.24) is 15.0 Å². The van der Waals surface area contributed by atoms with E-state index in [0.717, 1.165) is 22.2 Å².